The van der Waals surface area contributed by atoms with Crippen molar-refractivity contribution in [3.05, 3.63) is 48.8 Å². The number of piperidine rings is 1. The molecule has 1 spiro atoms. The molecule has 1 aromatic carbocycles. The first kappa shape index (κ1) is 27.6. The third kappa shape index (κ3) is 5.63. The number of aromatic nitrogens is 2. The maximum absolute atomic E-state index is 13.2. The maximum Gasteiger partial charge on any atom is 0.244 e. The third-order valence-corrected chi connectivity index (χ3v) is 12.2. The molecule has 3 aliphatic rings. The van der Waals surface area contributed by atoms with E-state index in [1.165, 1.54) is 16.6 Å². The molecule has 2 aliphatic heterocycles. The van der Waals surface area contributed by atoms with Crippen LogP contribution in [0.4, 0.5) is 0 Å². The molecule has 0 bridgehead atoms. The second-order valence-electron chi connectivity index (χ2n) is 11.0. The van der Waals surface area contributed by atoms with Gasteiger partial charge in [0.2, 0.25) is 10.0 Å². The first-order chi connectivity index (χ1) is 19.1. The Balaban J connectivity index is 0.965. The van der Waals surface area contributed by atoms with Gasteiger partial charge in [-0.2, -0.15) is 4.31 Å². The monoisotopic (exact) mass is 590 g/mol. The Labute approximate surface area is 233 Å². The standard InChI is InChI=1S/C27H34N4O7S2/c32-20(18-37-21-2-1-3-23(12-21)39(33,34)22-4-5-22)15-29-19-14-27(38-17-19)7-10-31(11-8-27)40(35,36)24-13-26-25(30-16-24)6-9-28-26/h1-3,6,9,12-13,16,19-20,22,28-29,32H,4-5,7-8,10-11,14-15,17-18H2. The molecular weight excluding hydrogens is 556 g/mol. The molecule has 3 aromatic rings. The van der Waals surface area contributed by atoms with Crippen molar-refractivity contribution in [2.75, 3.05) is 32.8 Å². The topological polar surface area (TPSA) is 151 Å². The number of aliphatic hydroxyl groups is 1. The van der Waals surface area contributed by atoms with Crippen molar-refractivity contribution < 1.29 is 31.4 Å². The highest BCUT2D eigenvalue weighted by atomic mass is 32.2. The molecule has 3 N–H and O–H groups in total. The summed E-state index contributed by atoms with van der Waals surface area (Å²) >= 11 is 0. The highest BCUT2D eigenvalue weighted by molar-refractivity contribution is 7.92. The van der Waals surface area contributed by atoms with Crippen molar-refractivity contribution in [2.24, 2.45) is 0 Å². The van der Waals surface area contributed by atoms with Gasteiger partial charge in [-0.15, -0.1) is 0 Å². The van der Waals surface area contributed by atoms with Crippen LogP contribution >= 0.6 is 0 Å². The summed E-state index contributed by atoms with van der Waals surface area (Å²) < 4.78 is 64.7. The lowest BCUT2D eigenvalue weighted by molar-refractivity contribution is -0.0312. The van der Waals surface area contributed by atoms with Crippen molar-refractivity contribution in [1.82, 2.24) is 19.6 Å². The summed E-state index contributed by atoms with van der Waals surface area (Å²) in [5.74, 6) is 0.411. The van der Waals surface area contributed by atoms with E-state index in [0.717, 1.165) is 11.9 Å². The second kappa shape index (κ2) is 10.7. The molecule has 2 atom stereocenters. The number of benzene rings is 1. The number of hydrogen-bond acceptors (Lipinski definition) is 9. The summed E-state index contributed by atoms with van der Waals surface area (Å²) in [6.45, 7) is 1.52. The Morgan fingerprint density at radius 3 is 2.73 bits per heavy atom. The van der Waals surface area contributed by atoms with Crippen molar-refractivity contribution in [2.45, 2.75) is 64.9 Å². The van der Waals surface area contributed by atoms with Crippen LogP contribution in [0.25, 0.3) is 11.0 Å². The second-order valence-corrected chi connectivity index (χ2v) is 15.1. The molecule has 2 saturated heterocycles. The van der Waals surface area contributed by atoms with Gasteiger partial charge in [-0.05, 0) is 62.4 Å². The average molecular weight is 591 g/mol. The first-order valence-electron chi connectivity index (χ1n) is 13.6. The fraction of sp³-hybridized carbons (Fsp3) is 0.519. The van der Waals surface area contributed by atoms with E-state index in [2.05, 4.69) is 15.3 Å². The number of fused-ring (bicyclic) bond motifs is 1. The van der Waals surface area contributed by atoms with Crippen LogP contribution in [-0.4, -0.2) is 92.1 Å². The Kier molecular flexibility index (Phi) is 7.38. The number of nitrogens with zero attached hydrogens (tertiary/aromatic N) is 2. The zero-order valence-electron chi connectivity index (χ0n) is 22.0. The molecule has 1 saturated carbocycles. The van der Waals surface area contributed by atoms with Crippen LogP contribution in [0.2, 0.25) is 0 Å². The molecule has 0 radical (unpaired) electrons. The summed E-state index contributed by atoms with van der Waals surface area (Å²) in [6, 6.07) is 9.88. The molecule has 2 unspecified atom stereocenters. The summed E-state index contributed by atoms with van der Waals surface area (Å²) in [5.41, 5.74) is 1.02. The van der Waals surface area contributed by atoms with Gasteiger partial charge in [0.15, 0.2) is 9.84 Å². The van der Waals surface area contributed by atoms with E-state index in [1.54, 1.807) is 36.5 Å². The summed E-state index contributed by atoms with van der Waals surface area (Å²) in [5, 5.41) is 13.5. The molecule has 2 aromatic heterocycles. The Morgan fingerprint density at radius 2 is 1.95 bits per heavy atom. The lowest BCUT2D eigenvalue weighted by Crippen LogP contribution is -2.47. The molecule has 40 heavy (non-hydrogen) atoms. The molecule has 13 heteroatoms. The predicted molar refractivity (Wildman–Crippen MR) is 147 cm³/mol. The predicted octanol–water partition coefficient (Wildman–Crippen LogP) is 1.84. The van der Waals surface area contributed by atoms with Crippen LogP contribution in [0, 0.1) is 0 Å². The van der Waals surface area contributed by atoms with Gasteiger partial charge in [0.05, 0.1) is 33.4 Å². The molecule has 6 rings (SSSR count). The number of pyridine rings is 1. The number of nitrogens with one attached hydrogen (secondary N) is 2. The number of aliphatic hydroxyl groups excluding tert-OH is 1. The van der Waals surface area contributed by atoms with Gasteiger partial charge in [-0.3, -0.25) is 4.98 Å². The quantitative estimate of drug-likeness (QED) is 0.321. The minimum atomic E-state index is -3.65. The highest BCUT2D eigenvalue weighted by Crippen LogP contribution is 2.38. The number of sulfonamides is 1. The van der Waals surface area contributed by atoms with Crippen LogP contribution in [-0.2, 0) is 24.6 Å². The van der Waals surface area contributed by atoms with Crippen LogP contribution in [0.3, 0.4) is 0 Å². The molecule has 3 fully saturated rings. The number of sulfone groups is 1. The van der Waals surface area contributed by atoms with Crippen molar-refractivity contribution in [1.29, 1.82) is 0 Å². The smallest absolute Gasteiger partial charge is 0.244 e. The van der Waals surface area contributed by atoms with Gasteiger partial charge in [-0.25, -0.2) is 16.8 Å². The SMILES string of the molecule is O=S(=O)(c1cccc(OCC(O)CNC2COC3(CCN(S(=O)(=O)c4cnc5cc[nH]c5c4)CC3)C2)c1)C1CC1. The molecule has 4 heterocycles. The van der Waals surface area contributed by atoms with E-state index in [4.69, 9.17) is 9.47 Å². The Hall–Kier alpha value is -2.55. The molecule has 216 valence electrons. The zero-order valence-corrected chi connectivity index (χ0v) is 23.7. The minimum absolute atomic E-state index is 0.0224. The number of H-pyrrole nitrogens is 1. The normalized spacial score (nSPS) is 22.6. The number of hydrogen-bond donors (Lipinski definition) is 3. The van der Waals surface area contributed by atoms with Crippen molar-refractivity contribution in [3.63, 3.8) is 0 Å². The van der Waals surface area contributed by atoms with Gasteiger partial charge in [0.1, 0.15) is 23.4 Å². The molecule has 1 aliphatic carbocycles. The highest BCUT2D eigenvalue weighted by Gasteiger charge is 2.45. The Bertz CT molecular complexity index is 1580. The van der Waals surface area contributed by atoms with Gasteiger partial charge >= 0.3 is 0 Å². The summed E-state index contributed by atoms with van der Waals surface area (Å²) in [4.78, 5) is 7.69. The van der Waals surface area contributed by atoms with Crippen LogP contribution in [0.15, 0.2) is 58.6 Å². The summed E-state index contributed by atoms with van der Waals surface area (Å²) in [7, 11) is -6.96. The fourth-order valence-electron chi connectivity index (χ4n) is 5.53. The van der Waals surface area contributed by atoms with Crippen LogP contribution < -0.4 is 10.1 Å². The largest absolute Gasteiger partial charge is 0.491 e. The maximum atomic E-state index is 13.2. The van der Waals surface area contributed by atoms with E-state index in [0.29, 0.717) is 63.2 Å². The van der Waals surface area contributed by atoms with Gasteiger partial charge in [0, 0.05) is 38.1 Å². The number of ether oxygens (including phenoxy) is 2. The van der Waals surface area contributed by atoms with E-state index < -0.39 is 26.0 Å². The van der Waals surface area contributed by atoms with Crippen molar-refractivity contribution in [3.8, 4) is 5.75 Å². The summed E-state index contributed by atoms with van der Waals surface area (Å²) in [6.07, 6.45) is 5.65. The molecule has 11 nitrogen and oxygen atoms in total. The lowest BCUT2D eigenvalue weighted by Gasteiger charge is -2.38. The van der Waals surface area contributed by atoms with E-state index in [9.17, 15) is 21.9 Å². The van der Waals surface area contributed by atoms with Gasteiger partial charge in [0.25, 0.3) is 0 Å². The van der Waals surface area contributed by atoms with E-state index in [1.807, 2.05) is 0 Å². The van der Waals surface area contributed by atoms with Crippen molar-refractivity contribution >= 4 is 30.9 Å². The van der Waals surface area contributed by atoms with Gasteiger partial charge < -0.3 is 24.9 Å². The third-order valence-electron chi connectivity index (χ3n) is 8.04. The zero-order chi connectivity index (χ0) is 28.0. The number of aromatic amines is 1. The fourth-order valence-corrected chi connectivity index (χ4v) is 8.63. The minimum Gasteiger partial charge on any atom is -0.491 e. The Morgan fingerprint density at radius 1 is 1.15 bits per heavy atom. The first-order valence-corrected chi connectivity index (χ1v) is 16.6. The molecular formula is C27H34N4O7S2. The van der Waals surface area contributed by atoms with E-state index >= 15 is 0 Å². The number of rotatable bonds is 10. The van der Waals surface area contributed by atoms with E-state index in [-0.39, 0.29) is 33.3 Å². The van der Waals surface area contributed by atoms with Crippen LogP contribution in [0.5, 0.6) is 5.75 Å². The average Bonchev–Trinajstić information content (AvgIpc) is 3.60. The van der Waals surface area contributed by atoms with Gasteiger partial charge in [-0.1, -0.05) is 6.07 Å². The lowest BCUT2D eigenvalue weighted by atomic mass is 9.88. The molecule has 0 amide bonds. The van der Waals surface area contributed by atoms with Crippen LogP contribution in [0.1, 0.15) is 32.1 Å².